The van der Waals surface area contributed by atoms with E-state index in [1.165, 1.54) is 5.57 Å². The summed E-state index contributed by atoms with van der Waals surface area (Å²) in [6.07, 6.45) is 2.69. The van der Waals surface area contributed by atoms with E-state index < -0.39 is 0 Å². The van der Waals surface area contributed by atoms with Crippen molar-refractivity contribution >= 4 is 0 Å². The van der Waals surface area contributed by atoms with Crippen molar-refractivity contribution in [2.75, 3.05) is 20.6 Å². The Labute approximate surface area is 94.3 Å². The Balaban J connectivity index is 2.64. The quantitative estimate of drug-likeness (QED) is 0.666. The molecule has 0 N–H and O–H groups in total. The Morgan fingerprint density at radius 3 is 2.47 bits per heavy atom. The van der Waals surface area contributed by atoms with Crippen LogP contribution >= 0.6 is 0 Å². The van der Waals surface area contributed by atoms with Crippen LogP contribution in [0.5, 0.6) is 0 Å². The van der Waals surface area contributed by atoms with E-state index in [2.05, 4.69) is 46.3 Å². The smallest absolute Gasteiger partial charge is 0.0678 e. The van der Waals surface area contributed by atoms with Gasteiger partial charge in [0.1, 0.15) is 0 Å². The van der Waals surface area contributed by atoms with Crippen LogP contribution in [0.25, 0.3) is 0 Å². The molecule has 0 aromatic carbocycles. The van der Waals surface area contributed by atoms with Gasteiger partial charge in [0.2, 0.25) is 0 Å². The Morgan fingerprint density at radius 1 is 1.40 bits per heavy atom. The minimum Gasteiger partial charge on any atom is -0.374 e. The highest BCUT2D eigenvalue weighted by atomic mass is 16.5. The molecule has 0 aliphatic carbocycles. The first-order chi connectivity index (χ1) is 6.81. The van der Waals surface area contributed by atoms with E-state index in [0.29, 0.717) is 12.2 Å². The molecule has 2 heteroatoms. The normalized spacial score (nSPS) is 28.5. The standard InChI is InChI=1S/C13H25NO/c1-10-7-11(2)15-12(8-10)13(3,4)9-14(5)6/h11-12H,1,7-9H2,2-6H3. The van der Waals surface area contributed by atoms with Gasteiger partial charge in [-0.3, -0.25) is 0 Å². The zero-order valence-electron chi connectivity index (χ0n) is 10.8. The van der Waals surface area contributed by atoms with Crippen molar-refractivity contribution in [1.29, 1.82) is 0 Å². The molecule has 2 atom stereocenters. The summed E-state index contributed by atoms with van der Waals surface area (Å²) < 4.78 is 6.03. The zero-order chi connectivity index (χ0) is 11.6. The molecule has 88 valence electrons. The molecule has 1 aliphatic rings. The third-order valence-corrected chi connectivity index (χ3v) is 3.04. The lowest BCUT2D eigenvalue weighted by Crippen LogP contribution is -2.44. The van der Waals surface area contributed by atoms with Crippen molar-refractivity contribution in [3.8, 4) is 0 Å². The van der Waals surface area contributed by atoms with E-state index in [0.717, 1.165) is 19.4 Å². The van der Waals surface area contributed by atoms with Gasteiger partial charge in [-0.25, -0.2) is 0 Å². The highest BCUT2D eigenvalue weighted by molar-refractivity contribution is 5.04. The van der Waals surface area contributed by atoms with Gasteiger partial charge in [0, 0.05) is 12.0 Å². The Morgan fingerprint density at radius 2 is 2.00 bits per heavy atom. The lowest BCUT2D eigenvalue weighted by molar-refractivity contribution is -0.0860. The second-order valence-electron chi connectivity index (χ2n) is 5.82. The van der Waals surface area contributed by atoms with Gasteiger partial charge in [-0.1, -0.05) is 26.0 Å². The van der Waals surface area contributed by atoms with Crippen molar-refractivity contribution < 1.29 is 4.74 Å². The van der Waals surface area contributed by atoms with Crippen molar-refractivity contribution in [2.24, 2.45) is 5.41 Å². The van der Waals surface area contributed by atoms with E-state index in [9.17, 15) is 0 Å². The first-order valence-electron chi connectivity index (χ1n) is 5.78. The number of ether oxygens (including phenoxy) is 1. The van der Waals surface area contributed by atoms with E-state index in [-0.39, 0.29) is 5.41 Å². The molecule has 0 radical (unpaired) electrons. The van der Waals surface area contributed by atoms with Crippen LogP contribution in [0.2, 0.25) is 0 Å². The predicted octanol–water partition coefficient (Wildman–Crippen LogP) is 2.70. The van der Waals surface area contributed by atoms with Gasteiger partial charge in [-0.05, 0) is 33.9 Å². The first kappa shape index (κ1) is 12.7. The molecule has 1 saturated heterocycles. The molecule has 1 rings (SSSR count). The fraction of sp³-hybridized carbons (Fsp3) is 0.846. The van der Waals surface area contributed by atoms with E-state index in [4.69, 9.17) is 4.74 Å². The number of nitrogens with zero attached hydrogens (tertiary/aromatic N) is 1. The Kier molecular flexibility index (Phi) is 3.96. The maximum atomic E-state index is 6.03. The van der Waals surface area contributed by atoms with Gasteiger partial charge in [-0.15, -0.1) is 0 Å². The highest BCUT2D eigenvalue weighted by Crippen LogP contribution is 2.34. The van der Waals surface area contributed by atoms with Crippen LogP contribution in [0.3, 0.4) is 0 Å². The fourth-order valence-corrected chi connectivity index (χ4v) is 2.51. The summed E-state index contributed by atoms with van der Waals surface area (Å²) in [6, 6.07) is 0. The largest absolute Gasteiger partial charge is 0.374 e. The second kappa shape index (κ2) is 4.67. The average molecular weight is 211 g/mol. The van der Waals surface area contributed by atoms with Crippen LogP contribution in [-0.4, -0.2) is 37.7 Å². The SMILES string of the molecule is C=C1CC(C)OC(C(C)(C)CN(C)C)C1. The first-order valence-corrected chi connectivity index (χ1v) is 5.78. The molecule has 15 heavy (non-hydrogen) atoms. The summed E-state index contributed by atoms with van der Waals surface area (Å²) in [7, 11) is 4.23. The Hall–Kier alpha value is -0.340. The molecule has 0 aromatic heterocycles. The summed E-state index contributed by atoms with van der Waals surface area (Å²) in [5.74, 6) is 0. The van der Waals surface area contributed by atoms with Crippen LogP contribution in [-0.2, 0) is 4.74 Å². The van der Waals surface area contributed by atoms with Gasteiger partial charge in [-0.2, -0.15) is 0 Å². The van der Waals surface area contributed by atoms with E-state index in [1.807, 2.05) is 0 Å². The molecule has 0 amide bonds. The van der Waals surface area contributed by atoms with Crippen LogP contribution < -0.4 is 0 Å². The van der Waals surface area contributed by atoms with Crippen LogP contribution in [0.4, 0.5) is 0 Å². The molecule has 1 aliphatic heterocycles. The summed E-state index contributed by atoms with van der Waals surface area (Å²) in [5.41, 5.74) is 1.53. The molecule has 0 saturated carbocycles. The molecule has 0 aromatic rings. The topological polar surface area (TPSA) is 12.5 Å². The van der Waals surface area contributed by atoms with Gasteiger partial charge in [0.15, 0.2) is 0 Å². The lowest BCUT2D eigenvalue weighted by atomic mass is 9.80. The molecule has 0 spiro atoms. The third-order valence-electron chi connectivity index (χ3n) is 3.04. The van der Waals surface area contributed by atoms with Gasteiger partial charge >= 0.3 is 0 Å². The van der Waals surface area contributed by atoms with Gasteiger partial charge in [0.05, 0.1) is 12.2 Å². The summed E-state index contributed by atoms with van der Waals surface area (Å²) in [5, 5.41) is 0. The number of hydrogen-bond donors (Lipinski definition) is 0. The lowest BCUT2D eigenvalue weighted by Gasteiger charge is -2.41. The Bertz CT molecular complexity index is 233. The highest BCUT2D eigenvalue weighted by Gasteiger charge is 2.35. The van der Waals surface area contributed by atoms with Crippen LogP contribution in [0.15, 0.2) is 12.2 Å². The van der Waals surface area contributed by atoms with Crippen molar-refractivity contribution in [1.82, 2.24) is 4.90 Å². The third kappa shape index (κ3) is 3.62. The average Bonchev–Trinajstić information content (AvgIpc) is 1.99. The minimum atomic E-state index is 0.196. The van der Waals surface area contributed by atoms with Crippen LogP contribution in [0.1, 0.15) is 33.6 Å². The molecule has 0 bridgehead atoms. The molecular formula is C13H25NO. The van der Waals surface area contributed by atoms with Crippen molar-refractivity contribution in [2.45, 2.75) is 45.8 Å². The summed E-state index contributed by atoms with van der Waals surface area (Å²) in [4.78, 5) is 2.23. The van der Waals surface area contributed by atoms with Crippen LogP contribution in [0, 0.1) is 5.41 Å². The minimum absolute atomic E-state index is 0.196. The molecule has 1 fully saturated rings. The maximum Gasteiger partial charge on any atom is 0.0678 e. The zero-order valence-corrected chi connectivity index (χ0v) is 10.8. The van der Waals surface area contributed by atoms with Crippen molar-refractivity contribution in [3.63, 3.8) is 0 Å². The van der Waals surface area contributed by atoms with Gasteiger partial charge in [0.25, 0.3) is 0 Å². The monoisotopic (exact) mass is 211 g/mol. The number of rotatable bonds is 3. The molecule has 2 unspecified atom stereocenters. The van der Waals surface area contributed by atoms with E-state index in [1.54, 1.807) is 0 Å². The molecular weight excluding hydrogens is 186 g/mol. The maximum absolute atomic E-state index is 6.03. The van der Waals surface area contributed by atoms with Crippen molar-refractivity contribution in [3.05, 3.63) is 12.2 Å². The van der Waals surface area contributed by atoms with E-state index >= 15 is 0 Å². The summed E-state index contributed by atoms with van der Waals surface area (Å²) in [6.45, 7) is 11.9. The second-order valence-corrected chi connectivity index (χ2v) is 5.82. The van der Waals surface area contributed by atoms with Gasteiger partial charge < -0.3 is 9.64 Å². The molecule has 2 nitrogen and oxygen atoms in total. The molecule has 1 heterocycles. The number of hydrogen-bond acceptors (Lipinski definition) is 2. The summed E-state index contributed by atoms with van der Waals surface area (Å²) >= 11 is 0. The fourth-order valence-electron chi connectivity index (χ4n) is 2.51. The predicted molar refractivity (Wildman–Crippen MR) is 65.0 cm³/mol.